The number of esters is 1. The van der Waals surface area contributed by atoms with Crippen LogP contribution in [0.3, 0.4) is 0 Å². The summed E-state index contributed by atoms with van der Waals surface area (Å²) in [7, 11) is 1.36. The molecule has 0 saturated carbocycles. The molecule has 0 aliphatic rings. The van der Waals surface area contributed by atoms with Gasteiger partial charge in [-0.2, -0.15) is 0 Å². The number of rotatable bonds is 18. The van der Waals surface area contributed by atoms with Crippen LogP contribution in [0.1, 0.15) is 104 Å². The molecular weight excluding hydrogens is 362 g/mol. The van der Waals surface area contributed by atoms with Crippen molar-refractivity contribution < 1.29 is 14.3 Å². The topological polar surface area (TPSA) is 55.4 Å². The zero-order chi connectivity index (χ0) is 21.7. The maximum absolute atomic E-state index is 12.1. The summed E-state index contributed by atoms with van der Waals surface area (Å²) in [5.74, 6) is -0.0749. The SMILES string of the molecule is CCCCCC=CCC=CCCCCCCCC(=O)NC(CC(C)C)C(=O)OC. The van der Waals surface area contributed by atoms with E-state index in [-0.39, 0.29) is 11.9 Å². The Morgan fingerprint density at radius 3 is 2.03 bits per heavy atom. The first kappa shape index (κ1) is 27.4. The first-order valence-electron chi connectivity index (χ1n) is 11.7. The highest BCUT2D eigenvalue weighted by Crippen LogP contribution is 2.10. The summed E-state index contributed by atoms with van der Waals surface area (Å²) in [6.07, 6.45) is 23.0. The molecule has 0 aromatic rings. The van der Waals surface area contributed by atoms with Gasteiger partial charge in [0.05, 0.1) is 7.11 Å². The lowest BCUT2D eigenvalue weighted by Crippen LogP contribution is -2.42. The summed E-state index contributed by atoms with van der Waals surface area (Å²) in [6, 6.07) is -0.523. The largest absolute Gasteiger partial charge is 0.467 e. The van der Waals surface area contributed by atoms with Crippen LogP contribution in [0.5, 0.6) is 0 Å². The van der Waals surface area contributed by atoms with Crippen molar-refractivity contribution >= 4 is 11.9 Å². The Kier molecular flexibility index (Phi) is 18.6. The van der Waals surface area contributed by atoms with Gasteiger partial charge in [0, 0.05) is 6.42 Å². The Morgan fingerprint density at radius 2 is 1.45 bits per heavy atom. The smallest absolute Gasteiger partial charge is 0.328 e. The normalized spacial score (nSPS) is 12.7. The van der Waals surface area contributed by atoms with Crippen LogP contribution in [-0.4, -0.2) is 25.0 Å². The molecule has 1 amide bonds. The van der Waals surface area contributed by atoms with Gasteiger partial charge in [-0.25, -0.2) is 4.79 Å². The molecular formula is C25H45NO3. The standard InChI is InChI=1S/C25H45NO3/c1-5-6-7-8-9-10-11-12-13-14-15-16-17-18-19-20-24(27)26-23(21-22(2)3)25(28)29-4/h9-10,12-13,22-23H,5-8,11,14-21H2,1-4H3,(H,26,27). The van der Waals surface area contributed by atoms with E-state index in [1.165, 1.54) is 45.6 Å². The number of hydrogen-bond donors (Lipinski definition) is 1. The Labute approximate surface area is 179 Å². The van der Waals surface area contributed by atoms with Crippen LogP contribution < -0.4 is 5.32 Å². The summed E-state index contributed by atoms with van der Waals surface area (Å²) < 4.78 is 4.78. The summed E-state index contributed by atoms with van der Waals surface area (Å²) in [5, 5.41) is 2.82. The fraction of sp³-hybridized carbons (Fsp3) is 0.760. The Hall–Kier alpha value is -1.58. The molecule has 1 unspecified atom stereocenters. The number of allylic oxidation sites excluding steroid dienone is 4. The van der Waals surface area contributed by atoms with E-state index >= 15 is 0 Å². The lowest BCUT2D eigenvalue weighted by Gasteiger charge is -2.18. The van der Waals surface area contributed by atoms with Crippen molar-refractivity contribution in [2.24, 2.45) is 5.92 Å². The van der Waals surface area contributed by atoms with Gasteiger partial charge in [-0.1, -0.05) is 77.2 Å². The van der Waals surface area contributed by atoms with Gasteiger partial charge in [0.25, 0.3) is 0 Å². The van der Waals surface area contributed by atoms with Crippen LogP contribution in [0.25, 0.3) is 0 Å². The molecule has 4 nitrogen and oxygen atoms in total. The monoisotopic (exact) mass is 407 g/mol. The third-order valence-electron chi connectivity index (χ3n) is 4.88. The van der Waals surface area contributed by atoms with Crippen molar-refractivity contribution in [2.45, 2.75) is 110 Å². The number of carbonyl (C=O) groups excluding carboxylic acids is 2. The first-order chi connectivity index (χ1) is 14.0. The van der Waals surface area contributed by atoms with Gasteiger partial charge in [0.1, 0.15) is 6.04 Å². The van der Waals surface area contributed by atoms with E-state index in [1.54, 1.807) is 0 Å². The molecule has 0 radical (unpaired) electrons. The summed E-state index contributed by atoms with van der Waals surface area (Å²) >= 11 is 0. The summed E-state index contributed by atoms with van der Waals surface area (Å²) in [6.45, 7) is 6.30. The second-order valence-electron chi connectivity index (χ2n) is 8.25. The van der Waals surface area contributed by atoms with Crippen LogP contribution in [-0.2, 0) is 14.3 Å². The minimum Gasteiger partial charge on any atom is -0.467 e. The average molecular weight is 408 g/mol. The van der Waals surface area contributed by atoms with E-state index in [4.69, 9.17) is 4.74 Å². The molecule has 0 fully saturated rings. The minimum absolute atomic E-state index is 0.0493. The molecule has 1 atom stereocenters. The molecule has 0 aliphatic carbocycles. The molecule has 29 heavy (non-hydrogen) atoms. The van der Waals surface area contributed by atoms with Crippen LogP contribution >= 0.6 is 0 Å². The Balaban J connectivity index is 3.65. The van der Waals surface area contributed by atoms with Gasteiger partial charge in [-0.3, -0.25) is 4.79 Å². The highest BCUT2D eigenvalue weighted by Gasteiger charge is 2.22. The lowest BCUT2D eigenvalue weighted by atomic mass is 10.0. The molecule has 4 heteroatoms. The van der Waals surface area contributed by atoms with Gasteiger partial charge in [-0.05, 0) is 50.9 Å². The maximum Gasteiger partial charge on any atom is 0.328 e. The van der Waals surface area contributed by atoms with E-state index in [1.807, 2.05) is 13.8 Å². The third kappa shape index (κ3) is 18.2. The molecule has 0 aromatic heterocycles. The zero-order valence-electron chi connectivity index (χ0n) is 19.4. The van der Waals surface area contributed by atoms with Crippen molar-refractivity contribution in [1.82, 2.24) is 5.32 Å². The van der Waals surface area contributed by atoms with Gasteiger partial charge < -0.3 is 10.1 Å². The average Bonchev–Trinajstić information content (AvgIpc) is 2.69. The second kappa shape index (κ2) is 19.7. The van der Waals surface area contributed by atoms with Crippen molar-refractivity contribution in [2.75, 3.05) is 7.11 Å². The van der Waals surface area contributed by atoms with Crippen LogP contribution in [0, 0.1) is 5.92 Å². The number of methoxy groups -OCH3 is 1. The lowest BCUT2D eigenvalue weighted by molar-refractivity contribution is -0.145. The highest BCUT2D eigenvalue weighted by atomic mass is 16.5. The zero-order valence-corrected chi connectivity index (χ0v) is 19.4. The predicted octanol–water partition coefficient (Wildman–Crippen LogP) is 6.50. The van der Waals surface area contributed by atoms with Gasteiger partial charge in [-0.15, -0.1) is 0 Å². The molecule has 0 spiro atoms. The van der Waals surface area contributed by atoms with Gasteiger partial charge in [0.2, 0.25) is 5.91 Å². The summed E-state index contributed by atoms with van der Waals surface area (Å²) in [5.41, 5.74) is 0. The first-order valence-corrected chi connectivity index (χ1v) is 11.7. The molecule has 0 aromatic carbocycles. The highest BCUT2D eigenvalue weighted by molar-refractivity contribution is 5.84. The Bertz CT molecular complexity index is 469. The van der Waals surface area contributed by atoms with Crippen molar-refractivity contribution in [3.05, 3.63) is 24.3 Å². The minimum atomic E-state index is -0.523. The van der Waals surface area contributed by atoms with Crippen LogP contribution in [0.2, 0.25) is 0 Å². The van der Waals surface area contributed by atoms with E-state index in [0.29, 0.717) is 18.8 Å². The van der Waals surface area contributed by atoms with Gasteiger partial charge >= 0.3 is 5.97 Å². The van der Waals surface area contributed by atoms with Crippen LogP contribution in [0.15, 0.2) is 24.3 Å². The molecule has 0 rings (SSSR count). The van der Waals surface area contributed by atoms with Gasteiger partial charge in [0.15, 0.2) is 0 Å². The molecule has 1 N–H and O–H groups in total. The predicted molar refractivity (Wildman–Crippen MR) is 123 cm³/mol. The van der Waals surface area contributed by atoms with Crippen molar-refractivity contribution in [1.29, 1.82) is 0 Å². The van der Waals surface area contributed by atoms with Crippen molar-refractivity contribution in [3.63, 3.8) is 0 Å². The third-order valence-corrected chi connectivity index (χ3v) is 4.88. The molecule has 0 bridgehead atoms. The number of ether oxygens (including phenoxy) is 1. The van der Waals surface area contributed by atoms with Crippen molar-refractivity contribution in [3.8, 4) is 0 Å². The molecule has 0 saturated heterocycles. The fourth-order valence-corrected chi connectivity index (χ4v) is 3.19. The quantitative estimate of drug-likeness (QED) is 0.160. The molecule has 0 aliphatic heterocycles. The number of amides is 1. The van der Waals surface area contributed by atoms with E-state index in [9.17, 15) is 9.59 Å². The number of nitrogens with one attached hydrogen (secondary N) is 1. The van der Waals surface area contributed by atoms with E-state index in [2.05, 4.69) is 36.5 Å². The Morgan fingerprint density at radius 1 is 0.862 bits per heavy atom. The second-order valence-corrected chi connectivity index (χ2v) is 8.25. The van der Waals surface area contributed by atoms with Crippen LogP contribution in [0.4, 0.5) is 0 Å². The van der Waals surface area contributed by atoms with E-state index < -0.39 is 6.04 Å². The molecule has 168 valence electrons. The maximum atomic E-state index is 12.1. The summed E-state index contributed by atoms with van der Waals surface area (Å²) in [4.78, 5) is 23.8. The number of hydrogen-bond acceptors (Lipinski definition) is 3. The fourth-order valence-electron chi connectivity index (χ4n) is 3.19. The number of unbranched alkanes of at least 4 members (excludes halogenated alkanes) is 8. The number of carbonyl (C=O) groups is 2. The van der Waals surface area contributed by atoms with E-state index in [0.717, 1.165) is 32.1 Å². The molecule has 0 heterocycles.